The monoisotopic (exact) mass is 381 g/mol. The summed E-state index contributed by atoms with van der Waals surface area (Å²) in [5, 5.41) is 13.9. The minimum Gasteiger partial charge on any atom is -0.347 e. The molecule has 1 fully saturated rings. The van der Waals surface area contributed by atoms with E-state index in [2.05, 4.69) is 20.9 Å². The first kappa shape index (κ1) is 19.3. The second-order valence-electron chi connectivity index (χ2n) is 6.68. The summed E-state index contributed by atoms with van der Waals surface area (Å²) in [6.07, 6.45) is 1.74. The van der Waals surface area contributed by atoms with Crippen LogP contribution in [0.3, 0.4) is 0 Å². The smallest absolute Gasteiger partial charge is 0.347 e. The lowest BCUT2D eigenvalue weighted by Gasteiger charge is -2.23. The summed E-state index contributed by atoms with van der Waals surface area (Å²) in [4.78, 5) is 12.1. The van der Waals surface area contributed by atoms with Crippen molar-refractivity contribution in [2.24, 2.45) is 0 Å². The molecule has 0 saturated carbocycles. The Morgan fingerprint density at radius 1 is 1.26 bits per heavy atom. The maximum absolute atomic E-state index is 12.5. The zero-order valence-electron chi connectivity index (χ0n) is 14.8. The summed E-state index contributed by atoms with van der Waals surface area (Å²) in [6, 6.07) is 5.16. The molecule has 2 N–H and O–H groups in total. The Morgan fingerprint density at radius 3 is 2.70 bits per heavy atom. The third kappa shape index (κ3) is 5.53. The maximum Gasteiger partial charge on any atom is 0.416 e. The molecular weight excluding hydrogens is 359 g/mol. The van der Waals surface area contributed by atoms with Crippen molar-refractivity contribution in [3.05, 3.63) is 47.3 Å². The molecule has 1 atom stereocenters. The minimum atomic E-state index is -4.37. The number of halogens is 3. The van der Waals surface area contributed by atoms with Gasteiger partial charge in [0.15, 0.2) is 5.69 Å². The lowest BCUT2D eigenvalue weighted by atomic mass is 10.0. The van der Waals surface area contributed by atoms with Crippen molar-refractivity contribution in [1.29, 1.82) is 0 Å². The zero-order valence-corrected chi connectivity index (χ0v) is 14.8. The molecule has 1 amide bonds. The topological polar surface area (TPSA) is 71.8 Å². The molecule has 1 aliphatic rings. The number of aryl methyl sites for hydroxylation is 1. The van der Waals surface area contributed by atoms with E-state index in [1.165, 1.54) is 25.0 Å². The van der Waals surface area contributed by atoms with Crippen molar-refractivity contribution in [3.8, 4) is 0 Å². The first-order valence-electron chi connectivity index (χ1n) is 8.99. The maximum atomic E-state index is 12.5. The molecule has 6 nitrogen and oxygen atoms in total. The number of carbonyl (C=O) groups excluding carboxylic acids is 1. The standard InChI is InChI=1S/C18H22F3N5O/c19-18(20,21)14-6-4-13(5-7-14)11-23-17(27)16-12-26(25-24-16)10-8-15-3-1-2-9-22-15/h4-7,12,15,22H,1-3,8-11H2,(H,23,27)/t15-/m1/s1. The average Bonchev–Trinajstić information content (AvgIpc) is 3.14. The Labute approximate surface area is 155 Å². The molecule has 9 heteroatoms. The first-order chi connectivity index (χ1) is 12.9. The Balaban J connectivity index is 1.47. The molecule has 27 heavy (non-hydrogen) atoms. The number of hydrogen-bond acceptors (Lipinski definition) is 4. The van der Waals surface area contributed by atoms with Crippen LogP contribution in [-0.4, -0.2) is 33.5 Å². The van der Waals surface area contributed by atoms with Crippen LogP contribution in [0.15, 0.2) is 30.5 Å². The fourth-order valence-electron chi connectivity index (χ4n) is 3.05. The number of benzene rings is 1. The fourth-order valence-corrected chi connectivity index (χ4v) is 3.05. The van der Waals surface area contributed by atoms with Crippen LogP contribution in [0.5, 0.6) is 0 Å². The number of rotatable bonds is 6. The van der Waals surface area contributed by atoms with Gasteiger partial charge in [-0.15, -0.1) is 5.10 Å². The van der Waals surface area contributed by atoms with E-state index in [9.17, 15) is 18.0 Å². The van der Waals surface area contributed by atoms with Gasteiger partial charge < -0.3 is 10.6 Å². The number of carbonyl (C=O) groups is 1. The van der Waals surface area contributed by atoms with Crippen molar-refractivity contribution in [3.63, 3.8) is 0 Å². The van der Waals surface area contributed by atoms with E-state index in [0.717, 1.165) is 31.5 Å². The molecule has 1 saturated heterocycles. The summed E-state index contributed by atoms with van der Waals surface area (Å²) in [7, 11) is 0. The number of alkyl halides is 3. The van der Waals surface area contributed by atoms with E-state index < -0.39 is 17.6 Å². The van der Waals surface area contributed by atoms with Gasteiger partial charge in [-0.05, 0) is 43.5 Å². The van der Waals surface area contributed by atoms with Crippen LogP contribution in [0.25, 0.3) is 0 Å². The number of nitrogens with one attached hydrogen (secondary N) is 2. The van der Waals surface area contributed by atoms with Crippen LogP contribution in [0.1, 0.15) is 47.3 Å². The summed E-state index contributed by atoms with van der Waals surface area (Å²) in [5.41, 5.74) is 0.0543. The molecule has 1 aromatic heterocycles. The Kier molecular flexibility index (Phi) is 6.10. The molecule has 2 aromatic rings. The van der Waals surface area contributed by atoms with Crippen molar-refractivity contribution in [1.82, 2.24) is 25.6 Å². The quantitative estimate of drug-likeness (QED) is 0.807. The SMILES string of the molecule is O=C(NCc1ccc(C(F)(F)F)cc1)c1cn(CC[C@H]2CCCCN2)nn1. The molecule has 146 valence electrons. The van der Waals surface area contributed by atoms with Gasteiger partial charge in [-0.1, -0.05) is 23.8 Å². The predicted octanol–water partition coefficient (Wildman–Crippen LogP) is 2.76. The highest BCUT2D eigenvalue weighted by atomic mass is 19.4. The van der Waals surface area contributed by atoms with Crippen LogP contribution in [-0.2, 0) is 19.3 Å². The number of aromatic nitrogens is 3. The minimum absolute atomic E-state index is 0.121. The predicted molar refractivity (Wildman–Crippen MR) is 92.9 cm³/mol. The molecule has 2 heterocycles. The van der Waals surface area contributed by atoms with Crippen molar-refractivity contribution >= 4 is 5.91 Å². The highest BCUT2D eigenvalue weighted by molar-refractivity contribution is 5.91. The van der Waals surface area contributed by atoms with Gasteiger partial charge in [0.05, 0.1) is 11.8 Å². The molecule has 0 aliphatic carbocycles. The third-order valence-electron chi connectivity index (χ3n) is 4.62. The second kappa shape index (κ2) is 8.51. The molecule has 0 unspecified atom stereocenters. The van der Waals surface area contributed by atoms with E-state index in [0.29, 0.717) is 18.2 Å². The summed E-state index contributed by atoms with van der Waals surface area (Å²) in [6.45, 7) is 1.84. The van der Waals surface area contributed by atoms with Crippen LogP contribution < -0.4 is 10.6 Å². The van der Waals surface area contributed by atoms with Gasteiger partial charge in [0.1, 0.15) is 0 Å². The van der Waals surface area contributed by atoms with Crippen LogP contribution in [0, 0.1) is 0 Å². The summed E-state index contributed by atoms with van der Waals surface area (Å²) >= 11 is 0. The largest absolute Gasteiger partial charge is 0.416 e. The molecule has 0 spiro atoms. The molecule has 3 rings (SSSR count). The first-order valence-corrected chi connectivity index (χ1v) is 8.99. The van der Waals surface area contributed by atoms with Crippen LogP contribution >= 0.6 is 0 Å². The normalized spacial score (nSPS) is 17.7. The van der Waals surface area contributed by atoms with Gasteiger partial charge in [0.2, 0.25) is 0 Å². The van der Waals surface area contributed by atoms with Crippen LogP contribution in [0.2, 0.25) is 0 Å². The Bertz CT molecular complexity index is 751. The van der Waals surface area contributed by atoms with Gasteiger partial charge in [-0.3, -0.25) is 9.48 Å². The van der Waals surface area contributed by atoms with Gasteiger partial charge in [-0.25, -0.2) is 0 Å². The summed E-state index contributed by atoms with van der Waals surface area (Å²) < 4.78 is 39.3. The molecular formula is C18H22F3N5O. The Morgan fingerprint density at radius 2 is 2.04 bits per heavy atom. The number of hydrogen-bond donors (Lipinski definition) is 2. The lowest BCUT2D eigenvalue weighted by Crippen LogP contribution is -2.34. The molecule has 0 bridgehead atoms. The van der Waals surface area contributed by atoms with Crippen molar-refractivity contribution in [2.45, 2.75) is 51.0 Å². The van der Waals surface area contributed by atoms with Gasteiger partial charge >= 0.3 is 6.18 Å². The second-order valence-corrected chi connectivity index (χ2v) is 6.68. The number of nitrogens with zero attached hydrogens (tertiary/aromatic N) is 3. The van der Waals surface area contributed by atoms with E-state index in [1.54, 1.807) is 10.9 Å². The van der Waals surface area contributed by atoms with Gasteiger partial charge in [0.25, 0.3) is 5.91 Å². The lowest BCUT2D eigenvalue weighted by molar-refractivity contribution is -0.137. The van der Waals surface area contributed by atoms with E-state index >= 15 is 0 Å². The number of amides is 1. The van der Waals surface area contributed by atoms with Crippen LogP contribution in [0.4, 0.5) is 13.2 Å². The Hall–Kier alpha value is -2.42. The van der Waals surface area contributed by atoms with E-state index in [-0.39, 0.29) is 12.2 Å². The van der Waals surface area contributed by atoms with Crippen molar-refractivity contribution < 1.29 is 18.0 Å². The fraction of sp³-hybridized carbons (Fsp3) is 0.500. The van der Waals surface area contributed by atoms with Gasteiger partial charge in [-0.2, -0.15) is 13.2 Å². The van der Waals surface area contributed by atoms with Crippen molar-refractivity contribution in [2.75, 3.05) is 6.54 Å². The molecule has 0 radical (unpaired) electrons. The summed E-state index contributed by atoms with van der Waals surface area (Å²) in [5.74, 6) is -0.406. The number of piperidine rings is 1. The van der Waals surface area contributed by atoms with Gasteiger partial charge in [0, 0.05) is 19.1 Å². The average molecular weight is 381 g/mol. The zero-order chi connectivity index (χ0) is 19.3. The molecule has 1 aromatic carbocycles. The molecule has 1 aliphatic heterocycles. The van der Waals surface area contributed by atoms with E-state index in [1.807, 2.05) is 0 Å². The third-order valence-corrected chi connectivity index (χ3v) is 4.62. The highest BCUT2D eigenvalue weighted by Crippen LogP contribution is 2.29. The van der Waals surface area contributed by atoms with E-state index in [4.69, 9.17) is 0 Å². The highest BCUT2D eigenvalue weighted by Gasteiger charge is 2.29.